The summed E-state index contributed by atoms with van der Waals surface area (Å²) in [6, 6.07) is 6.11. The van der Waals surface area contributed by atoms with Crippen molar-refractivity contribution in [1.29, 1.82) is 0 Å². The van der Waals surface area contributed by atoms with Gasteiger partial charge in [0, 0.05) is 23.3 Å². The zero-order chi connectivity index (χ0) is 17.9. The van der Waals surface area contributed by atoms with Crippen LogP contribution >= 0.6 is 23.2 Å². The van der Waals surface area contributed by atoms with Gasteiger partial charge in [-0.3, -0.25) is 4.90 Å². The number of likely N-dealkylation sites (tertiary alicyclic amines) is 1. The second-order valence-electron chi connectivity index (χ2n) is 7.07. The van der Waals surface area contributed by atoms with Crippen LogP contribution in [-0.4, -0.2) is 51.4 Å². The molecule has 0 radical (unpaired) electrons. The van der Waals surface area contributed by atoms with Gasteiger partial charge in [-0.2, -0.15) is 0 Å². The molecule has 2 aromatic rings. The van der Waals surface area contributed by atoms with Crippen molar-refractivity contribution in [2.24, 2.45) is 0 Å². The van der Waals surface area contributed by atoms with Crippen LogP contribution in [0.4, 0.5) is 0 Å². The predicted octanol–water partition coefficient (Wildman–Crippen LogP) is 3.71. The number of ether oxygens (including phenoxy) is 1. The minimum atomic E-state index is 0.355. The molecule has 8 heteroatoms. The molecular weight excluding hydrogens is 373 g/mol. The Kier molecular flexibility index (Phi) is 5.74. The Hall–Kier alpha value is -1.21. The van der Waals surface area contributed by atoms with E-state index >= 15 is 0 Å². The van der Waals surface area contributed by atoms with Gasteiger partial charge in [-0.15, -0.1) is 5.10 Å². The lowest BCUT2D eigenvalue weighted by atomic mass is 9.89. The maximum absolute atomic E-state index is 6.38. The zero-order valence-corrected chi connectivity index (χ0v) is 16.2. The van der Waals surface area contributed by atoms with Crippen LogP contribution in [0.3, 0.4) is 0 Å². The third-order valence-corrected chi connectivity index (χ3v) is 6.12. The lowest BCUT2D eigenvalue weighted by Crippen LogP contribution is -2.34. The zero-order valence-electron chi connectivity index (χ0n) is 14.7. The molecule has 2 aliphatic heterocycles. The number of nitrogens with zero attached hydrogens (tertiary/aromatic N) is 5. The third-order valence-electron chi connectivity index (χ3n) is 5.46. The fraction of sp³-hybridized carbons (Fsp3) is 0.611. The molecule has 0 amide bonds. The minimum Gasteiger partial charge on any atom is -0.381 e. The number of piperidine rings is 1. The number of rotatable bonds is 4. The highest BCUT2D eigenvalue weighted by molar-refractivity contribution is 6.36. The molecule has 0 N–H and O–H groups in total. The van der Waals surface area contributed by atoms with Gasteiger partial charge in [-0.05, 0) is 72.8 Å². The van der Waals surface area contributed by atoms with E-state index in [0.29, 0.717) is 12.0 Å². The highest BCUT2D eigenvalue weighted by Crippen LogP contribution is 2.37. The quantitative estimate of drug-likeness (QED) is 0.789. The van der Waals surface area contributed by atoms with Gasteiger partial charge in [0.05, 0.1) is 12.6 Å². The summed E-state index contributed by atoms with van der Waals surface area (Å²) in [5.41, 5.74) is 1.10. The van der Waals surface area contributed by atoms with Crippen molar-refractivity contribution in [3.8, 4) is 0 Å². The van der Waals surface area contributed by atoms with Crippen molar-refractivity contribution in [2.45, 2.75) is 44.2 Å². The molecule has 2 fully saturated rings. The molecule has 2 saturated heterocycles. The van der Waals surface area contributed by atoms with Gasteiger partial charge in [-0.25, -0.2) is 4.68 Å². The molecule has 4 rings (SSSR count). The first-order valence-electron chi connectivity index (χ1n) is 9.23. The largest absolute Gasteiger partial charge is 0.381 e. The summed E-state index contributed by atoms with van der Waals surface area (Å²) in [5, 5.41) is 14.0. The lowest BCUT2D eigenvalue weighted by molar-refractivity contribution is 0.0637. The summed E-state index contributed by atoms with van der Waals surface area (Å²) in [6.45, 7) is 4.34. The van der Waals surface area contributed by atoms with E-state index in [1.54, 1.807) is 0 Å². The van der Waals surface area contributed by atoms with Crippen molar-refractivity contribution >= 4 is 23.2 Å². The standard InChI is InChI=1S/C18H23Cl2N5O/c19-15-2-1-3-16(20)18(15)13-4-8-24(9-5-13)12-17-21-22-23-25(17)14-6-10-26-11-7-14/h1-3,13-14H,4-12H2. The molecule has 1 aromatic carbocycles. The first kappa shape index (κ1) is 18.2. The first-order chi connectivity index (χ1) is 12.7. The Morgan fingerprint density at radius 3 is 2.42 bits per heavy atom. The topological polar surface area (TPSA) is 56.1 Å². The van der Waals surface area contributed by atoms with Crippen molar-refractivity contribution in [3.63, 3.8) is 0 Å². The lowest BCUT2D eigenvalue weighted by Gasteiger charge is -2.33. The Morgan fingerprint density at radius 1 is 1.04 bits per heavy atom. The highest BCUT2D eigenvalue weighted by Gasteiger charge is 2.26. The maximum atomic E-state index is 6.38. The van der Waals surface area contributed by atoms with E-state index in [9.17, 15) is 0 Å². The third kappa shape index (κ3) is 3.88. The molecule has 0 saturated carbocycles. The first-order valence-corrected chi connectivity index (χ1v) is 9.98. The van der Waals surface area contributed by atoms with Gasteiger partial charge >= 0.3 is 0 Å². The van der Waals surface area contributed by atoms with E-state index in [1.807, 2.05) is 22.9 Å². The smallest absolute Gasteiger partial charge is 0.165 e. The van der Waals surface area contributed by atoms with Gasteiger partial charge in [0.1, 0.15) is 0 Å². The van der Waals surface area contributed by atoms with Crippen LogP contribution in [0.15, 0.2) is 18.2 Å². The normalized spacial score (nSPS) is 20.5. The summed E-state index contributed by atoms with van der Waals surface area (Å²) in [6.07, 6.45) is 4.04. The minimum absolute atomic E-state index is 0.355. The second kappa shape index (κ2) is 8.21. The molecule has 0 atom stereocenters. The average Bonchev–Trinajstić information content (AvgIpc) is 3.12. The second-order valence-corrected chi connectivity index (χ2v) is 7.88. The molecule has 0 unspecified atom stereocenters. The molecule has 0 spiro atoms. The van der Waals surface area contributed by atoms with E-state index < -0.39 is 0 Å². The molecule has 1 aromatic heterocycles. The summed E-state index contributed by atoms with van der Waals surface area (Å²) >= 11 is 12.8. The van der Waals surface area contributed by atoms with Crippen LogP contribution in [0.25, 0.3) is 0 Å². The van der Waals surface area contributed by atoms with Crippen LogP contribution in [0, 0.1) is 0 Å². The molecule has 0 bridgehead atoms. The van der Waals surface area contributed by atoms with Crippen molar-refractivity contribution in [1.82, 2.24) is 25.1 Å². The fourth-order valence-electron chi connectivity index (χ4n) is 4.01. The van der Waals surface area contributed by atoms with Gasteiger partial charge in [-0.1, -0.05) is 29.3 Å². The maximum Gasteiger partial charge on any atom is 0.165 e. The van der Waals surface area contributed by atoms with Gasteiger partial charge in [0.25, 0.3) is 0 Å². The Labute approximate surface area is 163 Å². The van der Waals surface area contributed by atoms with Gasteiger partial charge in [0.2, 0.25) is 0 Å². The van der Waals surface area contributed by atoms with E-state index in [4.69, 9.17) is 27.9 Å². The molecular formula is C18H23Cl2N5O. The van der Waals surface area contributed by atoms with Crippen molar-refractivity contribution in [2.75, 3.05) is 26.3 Å². The number of aromatic nitrogens is 4. The van der Waals surface area contributed by atoms with Gasteiger partial charge < -0.3 is 4.74 Å². The Morgan fingerprint density at radius 2 is 1.73 bits per heavy atom. The average molecular weight is 396 g/mol. The predicted molar refractivity (Wildman–Crippen MR) is 101 cm³/mol. The number of hydrogen-bond donors (Lipinski definition) is 0. The van der Waals surface area contributed by atoms with E-state index in [0.717, 1.165) is 80.0 Å². The Balaban J connectivity index is 1.38. The highest BCUT2D eigenvalue weighted by atomic mass is 35.5. The van der Waals surface area contributed by atoms with E-state index in [2.05, 4.69) is 20.4 Å². The summed E-state index contributed by atoms with van der Waals surface area (Å²) in [7, 11) is 0. The van der Waals surface area contributed by atoms with E-state index in [1.165, 1.54) is 0 Å². The van der Waals surface area contributed by atoms with Crippen LogP contribution in [0.1, 0.15) is 49.0 Å². The number of halogens is 2. The Bertz CT molecular complexity index is 719. The molecule has 2 aliphatic rings. The summed E-state index contributed by atoms with van der Waals surface area (Å²) in [4.78, 5) is 2.42. The SMILES string of the molecule is Clc1cccc(Cl)c1C1CCN(Cc2nnnn2C2CCOCC2)CC1. The summed E-state index contributed by atoms with van der Waals surface area (Å²) < 4.78 is 7.45. The number of tetrazole rings is 1. The van der Waals surface area contributed by atoms with Crippen molar-refractivity contribution in [3.05, 3.63) is 39.6 Å². The monoisotopic (exact) mass is 395 g/mol. The summed E-state index contributed by atoms with van der Waals surface area (Å²) in [5.74, 6) is 1.37. The van der Waals surface area contributed by atoms with Crippen LogP contribution in [0.5, 0.6) is 0 Å². The van der Waals surface area contributed by atoms with Crippen LogP contribution in [-0.2, 0) is 11.3 Å². The molecule has 26 heavy (non-hydrogen) atoms. The molecule has 140 valence electrons. The van der Waals surface area contributed by atoms with Crippen LogP contribution in [0.2, 0.25) is 10.0 Å². The number of hydrogen-bond acceptors (Lipinski definition) is 5. The molecule has 3 heterocycles. The fourth-order valence-corrected chi connectivity index (χ4v) is 4.72. The molecule has 6 nitrogen and oxygen atoms in total. The number of benzene rings is 1. The van der Waals surface area contributed by atoms with Gasteiger partial charge in [0.15, 0.2) is 5.82 Å². The molecule has 0 aliphatic carbocycles. The van der Waals surface area contributed by atoms with E-state index in [-0.39, 0.29) is 0 Å². The van der Waals surface area contributed by atoms with Crippen molar-refractivity contribution < 1.29 is 4.74 Å². The van der Waals surface area contributed by atoms with Crippen LogP contribution < -0.4 is 0 Å².